The van der Waals surface area contributed by atoms with Gasteiger partial charge in [0.1, 0.15) is 5.82 Å². The van der Waals surface area contributed by atoms with Gasteiger partial charge in [-0.05, 0) is 63.0 Å². The number of thiophene rings is 1. The molecule has 1 nitrogen and oxygen atoms in total. The topological polar surface area (TPSA) is 17.1 Å². The molecular formula is C12H7Br2FOS. The summed E-state index contributed by atoms with van der Waals surface area (Å²) in [4.78, 5) is 13.1. The number of carbonyl (C=O) groups excluding carboxylic acids is 1. The Morgan fingerprint density at radius 1 is 1.29 bits per heavy atom. The predicted octanol–water partition coefficient (Wildman–Crippen LogP) is 4.95. The van der Waals surface area contributed by atoms with Crippen molar-refractivity contribution in [2.45, 2.75) is 6.92 Å². The van der Waals surface area contributed by atoms with E-state index in [2.05, 4.69) is 31.9 Å². The van der Waals surface area contributed by atoms with Gasteiger partial charge in [-0.15, -0.1) is 11.3 Å². The molecule has 0 saturated heterocycles. The number of carbonyl (C=O) groups is 1. The molecule has 0 fully saturated rings. The third-order valence-electron chi connectivity index (χ3n) is 2.31. The van der Waals surface area contributed by atoms with Crippen molar-refractivity contribution >= 4 is 49.0 Å². The lowest BCUT2D eigenvalue weighted by molar-refractivity contribution is 0.103. The third-order valence-corrected chi connectivity index (χ3v) is 4.51. The molecule has 0 saturated carbocycles. The van der Waals surface area contributed by atoms with Gasteiger partial charge in [-0.2, -0.15) is 0 Å². The smallest absolute Gasteiger partial charge is 0.194 e. The highest BCUT2D eigenvalue weighted by atomic mass is 79.9. The Hall–Kier alpha value is -0.520. The van der Waals surface area contributed by atoms with Crippen LogP contribution in [0.15, 0.2) is 32.5 Å². The summed E-state index contributed by atoms with van der Waals surface area (Å²) >= 11 is 7.89. The summed E-state index contributed by atoms with van der Waals surface area (Å²) in [6.45, 7) is 1.87. The van der Waals surface area contributed by atoms with Crippen LogP contribution in [0.5, 0.6) is 0 Å². The first-order chi connectivity index (χ1) is 7.99. The Kier molecular flexibility index (Phi) is 3.80. The highest BCUT2D eigenvalue weighted by molar-refractivity contribution is 9.11. The first-order valence-corrected chi connectivity index (χ1v) is 7.15. The van der Waals surface area contributed by atoms with Gasteiger partial charge in [-0.1, -0.05) is 0 Å². The molecule has 0 aliphatic heterocycles. The molecule has 88 valence electrons. The largest absolute Gasteiger partial charge is 0.289 e. The second kappa shape index (κ2) is 5.00. The molecule has 0 aliphatic rings. The van der Waals surface area contributed by atoms with E-state index in [0.717, 1.165) is 8.66 Å². The van der Waals surface area contributed by atoms with E-state index in [1.54, 1.807) is 18.2 Å². The molecular weight excluding hydrogens is 371 g/mol. The zero-order chi connectivity index (χ0) is 12.6. The lowest BCUT2D eigenvalue weighted by atomic mass is 10.0. The second-order valence-corrected chi connectivity index (χ2v) is 6.97. The molecule has 0 amide bonds. The Labute approximate surface area is 119 Å². The Bertz CT molecular complexity index is 592. The quantitative estimate of drug-likeness (QED) is 0.676. The Balaban J connectivity index is 2.44. The van der Waals surface area contributed by atoms with Crippen molar-refractivity contribution in [1.29, 1.82) is 0 Å². The lowest BCUT2D eigenvalue weighted by Crippen LogP contribution is -2.01. The van der Waals surface area contributed by atoms with Gasteiger partial charge in [0.25, 0.3) is 0 Å². The molecule has 0 bridgehead atoms. The van der Waals surface area contributed by atoms with E-state index in [1.807, 2.05) is 6.92 Å². The number of aryl methyl sites for hydroxylation is 1. The minimum atomic E-state index is -0.428. The molecule has 0 atom stereocenters. The molecule has 17 heavy (non-hydrogen) atoms. The molecule has 1 aromatic carbocycles. The van der Waals surface area contributed by atoms with Crippen LogP contribution in [0.4, 0.5) is 4.39 Å². The van der Waals surface area contributed by atoms with Crippen molar-refractivity contribution in [2.75, 3.05) is 0 Å². The minimum absolute atomic E-state index is 0.157. The average molecular weight is 378 g/mol. The van der Waals surface area contributed by atoms with Crippen molar-refractivity contribution in [3.63, 3.8) is 0 Å². The van der Waals surface area contributed by atoms with E-state index >= 15 is 0 Å². The van der Waals surface area contributed by atoms with Crippen molar-refractivity contribution in [1.82, 2.24) is 0 Å². The van der Waals surface area contributed by atoms with Gasteiger partial charge >= 0.3 is 0 Å². The molecule has 1 heterocycles. The highest BCUT2D eigenvalue weighted by Crippen LogP contribution is 2.28. The molecule has 0 radical (unpaired) electrons. The van der Waals surface area contributed by atoms with Crippen LogP contribution >= 0.6 is 43.2 Å². The van der Waals surface area contributed by atoms with Gasteiger partial charge in [-0.25, -0.2) is 4.39 Å². The molecule has 0 aliphatic carbocycles. The van der Waals surface area contributed by atoms with Crippen LogP contribution in [0, 0.1) is 12.7 Å². The number of ketones is 1. The van der Waals surface area contributed by atoms with Crippen LogP contribution < -0.4 is 0 Å². The molecule has 1 aromatic heterocycles. The standard InChI is InChI=1S/C12H7Br2FOS/c1-6-8(5-11(14)17-6)12(16)7-2-3-9(13)10(15)4-7/h2-5H,1H3. The summed E-state index contributed by atoms with van der Waals surface area (Å²) in [6.07, 6.45) is 0. The minimum Gasteiger partial charge on any atom is -0.289 e. The van der Waals surface area contributed by atoms with Gasteiger partial charge in [0.05, 0.1) is 8.26 Å². The molecule has 0 N–H and O–H groups in total. The molecule has 0 unspecified atom stereocenters. The summed E-state index contributed by atoms with van der Waals surface area (Å²) in [5.41, 5.74) is 0.975. The number of rotatable bonds is 2. The maximum atomic E-state index is 13.4. The van der Waals surface area contributed by atoms with Gasteiger partial charge < -0.3 is 0 Å². The predicted molar refractivity (Wildman–Crippen MR) is 74.3 cm³/mol. The first kappa shape index (κ1) is 12.9. The fourth-order valence-corrected chi connectivity index (χ4v) is 3.40. The summed E-state index contributed by atoms with van der Waals surface area (Å²) in [5, 5.41) is 0. The van der Waals surface area contributed by atoms with Crippen molar-refractivity contribution in [2.24, 2.45) is 0 Å². The van der Waals surface area contributed by atoms with Gasteiger partial charge in [-0.3, -0.25) is 4.79 Å². The average Bonchev–Trinajstić information content (AvgIpc) is 2.61. The second-order valence-electron chi connectivity index (χ2n) is 3.48. The third kappa shape index (κ3) is 2.67. The van der Waals surface area contributed by atoms with Crippen LogP contribution in [0.3, 0.4) is 0 Å². The summed E-state index contributed by atoms with van der Waals surface area (Å²) < 4.78 is 14.6. The van der Waals surface area contributed by atoms with Gasteiger partial charge in [0.2, 0.25) is 0 Å². The molecule has 5 heteroatoms. The zero-order valence-corrected chi connectivity index (χ0v) is 12.7. The summed E-state index contributed by atoms with van der Waals surface area (Å²) in [7, 11) is 0. The Morgan fingerprint density at radius 3 is 2.53 bits per heavy atom. The summed E-state index contributed by atoms with van der Waals surface area (Å²) in [6, 6.07) is 6.17. The van der Waals surface area contributed by atoms with Crippen LogP contribution in [0.2, 0.25) is 0 Å². The van der Waals surface area contributed by atoms with Gasteiger partial charge in [0.15, 0.2) is 5.78 Å². The van der Waals surface area contributed by atoms with Crippen LogP contribution in [0.25, 0.3) is 0 Å². The van der Waals surface area contributed by atoms with Crippen LogP contribution in [-0.4, -0.2) is 5.78 Å². The normalized spacial score (nSPS) is 10.6. The number of benzene rings is 1. The SMILES string of the molecule is Cc1sc(Br)cc1C(=O)c1ccc(Br)c(F)c1. The van der Waals surface area contributed by atoms with E-state index in [4.69, 9.17) is 0 Å². The maximum Gasteiger partial charge on any atom is 0.194 e. The molecule has 2 rings (SSSR count). The van der Waals surface area contributed by atoms with Crippen molar-refractivity contribution < 1.29 is 9.18 Å². The monoisotopic (exact) mass is 376 g/mol. The van der Waals surface area contributed by atoms with Crippen molar-refractivity contribution in [3.8, 4) is 0 Å². The number of hydrogen-bond acceptors (Lipinski definition) is 2. The van der Waals surface area contributed by atoms with Crippen molar-refractivity contribution in [3.05, 3.63) is 54.3 Å². The van der Waals surface area contributed by atoms with Gasteiger partial charge in [0, 0.05) is 16.0 Å². The number of halogens is 3. The van der Waals surface area contributed by atoms with E-state index < -0.39 is 5.82 Å². The van der Waals surface area contributed by atoms with Crippen LogP contribution in [0.1, 0.15) is 20.8 Å². The fraction of sp³-hybridized carbons (Fsp3) is 0.0833. The first-order valence-electron chi connectivity index (χ1n) is 4.74. The van der Waals surface area contributed by atoms with E-state index in [1.165, 1.54) is 17.4 Å². The fourth-order valence-electron chi connectivity index (χ4n) is 1.46. The maximum absolute atomic E-state index is 13.4. The highest BCUT2D eigenvalue weighted by Gasteiger charge is 2.15. The molecule has 2 aromatic rings. The lowest BCUT2D eigenvalue weighted by Gasteiger charge is -2.01. The molecule has 0 spiro atoms. The Morgan fingerprint density at radius 2 is 2.00 bits per heavy atom. The van der Waals surface area contributed by atoms with E-state index in [0.29, 0.717) is 15.6 Å². The van der Waals surface area contributed by atoms with E-state index in [9.17, 15) is 9.18 Å². The number of hydrogen-bond donors (Lipinski definition) is 0. The summed E-state index contributed by atoms with van der Waals surface area (Å²) in [5.74, 6) is -0.585. The zero-order valence-electron chi connectivity index (χ0n) is 8.76. The van der Waals surface area contributed by atoms with E-state index in [-0.39, 0.29) is 5.78 Å². The van der Waals surface area contributed by atoms with Crippen LogP contribution in [-0.2, 0) is 0 Å².